The molecule has 0 N–H and O–H groups in total. The lowest BCUT2D eigenvalue weighted by molar-refractivity contribution is -0.131. The average Bonchev–Trinajstić information content (AvgIpc) is 2.72. The molecule has 0 spiro atoms. The number of amides is 1. The fourth-order valence-corrected chi connectivity index (χ4v) is 4.63. The topological polar surface area (TPSA) is 66.9 Å². The SMILES string of the molecule is COc1ccccc1CC(=O)N1CCN(S(=O)(=O)c2ccc(F)c(F)c2F)CC1. The molecule has 1 fully saturated rings. The molecule has 1 heterocycles. The van der Waals surface area contributed by atoms with Crippen molar-refractivity contribution in [2.24, 2.45) is 0 Å². The lowest BCUT2D eigenvalue weighted by Crippen LogP contribution is -2.51. The second kappa shape index (κ2) is 8.42. The van der Waals surface area contributed by atoms with Crippen molar-refractivity contribution in [2.45, 2.75) is 11.3 Å². The minimum Gasteiger partial charge on any atom is -0.496 e. The van der Waals surface area contributed by atoms with E-state index in [1.54, 1.807) is 24.3 Å². The highest BCUT2D eigenvalue weighted by Gasteiger charge is 2.33. The maximum Gasteiger partial charge on any atom is 0.246 e. The van der Waals surface area contributed by atoms with Crippen LogP contribution in [-0.4, -0.2) is 56.8 Å². The van der Waals surface area contributed by atoms with Gasteiger partial charge in [0.1, 0.15) is 10.6 Å². The number of benzene rings is 2. The number of methoxy groups -OCH3 is 1. The predicted molar refractivity (Wildman–Crippen MR) is 98.4 cm³/mol. The van der Waals surface area contributed by atoms with Crippen LogP contribution in [0.15, 0.2) is 41.3 Å². The van der Waals surface area contributed by atoms with Crippen molar-refractivity contribution in [1.29, 1.82) is 0 Å². The Balaban J connectivity index is 1.68. The molecule has 0 radical (unpaired) electrons. The molecule has 1 aliphatic heterocycles. The van der Waals surface area contributed by atoms with Gasteiger partial charge in [0.15, 0.2) is 17.5 Å². The van der Waals surface area contributed by atoms with Crippen molar-refractivity contribution >= 4 is 15.9 Å². The van der Waals surface area contributed by atoms with Crippen molar-refractivity contribution in [3.8, 4) is 5.75 Å². The highest BCUT2D eigenvalue weighted by Crippen LogP contribution is 2.24. The molecule has 0 aliphatic carbocycles. The van der Waals surface area contributed by atoms with Crippen LogP contribution in [0, 0.1) is 17.5 Å². The van der Waals surface area contributed by atoms with E-state index < -0.39 is 32.4 Å². The minimum absolute atomic E-state index is 0.0849. The second-order valence-electron chi connectivity index (χ2n) is 6.45. The van der Waals surface area contributed by atoms with E-state index >= 15 is 0 Å². The van der Waals surface area contributed by atoms with Crippen LogP contribution in [0.2, 0.25) is 0 Å². The van der Waals surface area contributed by atoms with Crippen molar-refractivity contribution < 1.29 is 31.1 Å². The van der Waals surface area contributed by atoms with Crippen LogP contribution in [0.3, 0.4) is 0 Å². The summed E-state index contributed by atoms with van der Waals surface area (Å²) in [6.07, 6.45) is 0.0918. The zero-order valence-electron chi connectivity index (χ0n) is 15.6. The molecule has 6 nitrogen and oxygen atoms in total. The number of carbonyl (C=O) groups is 1. The molecule has 29 heavy (non-hydrogen) atoms. The first-order chi connectivity index (χ1) is 13.8. The number of halogens is 3. The minimum atomic E-state index is -4.36. The van der Waals surface area contributed by atoms with Gasteiger partial charge in [-0.2, -0.15) is 4.31 Å². The number of carbonyl (C=O) groups excluding carboxylic acids is 1. The van der Waals surface area contributed by atoms with Gasteiger partial charge >= 0.3 is 0 Å². The third-order valence-electron chi connectivity index (χ3n) is 4.74. The third kappa shape index (κ3) is 4.23. The molecular weight excluding hydrogens is 409 g/mol. The summed E-state index contributed by atoms with van der Waals surface area (Å²) < 4.78 is 71.8. The number of sulfonamides is 1. The second-order valence-corrected chi connectivity index (χ2v) is 8.35. The van der Waals surface area contributed by atoms with Gasteiger partial charge in [0.2, 0.25) is 15.9 Å². The lowest BCUT2D eigenvalue weighted by atomic mass is 10.1. The largest absolute Gasteiger partial charge is 0.496 e. The van der Waals surface area contributed by atoms with Gasteiger partial charge in [-0.3, -0.25) is 4.79 Å². The summed E-state index contributed by atoms with van der Waals surface area (Å²) in [6, 6.07) is 8.34. The van der Waals surface area contributed by atoms with Gasteiger partial charge in [0.05, 0.1) is 13.5 Å². The van der Waals surface area contributed by atoms with Gasteiger partial charge in [-0.1, -0.05) is 18.2 Å². The van der Waals surface area contributed by atoms with Gasteiger partial charge in [-0.25, -0.2) is 21.6 Å². The van der Waals surface area contributed by atoms with Gasteiger partial charge in [-0.05, 0) is 18.2 Å². The van der Waals surface area contributed by atoms with Crippen LogP contribution < -0.4 is 4.74 Å². The number of nitrogens with zero attached hydrogens (tertiary/aromatic N) is 2. The number of rotatable bonds is 5. The molecule has 0 aromatic heterocycles. The Kier molecular flexibility index (Phi) is 6.13. The Hall–Kier alpha value is -2.59. The third-order valence-corrected chi connectivity index (χ3v) is 6.66. The van der Waals surface area contributed by atoms with Gasteiger partial charge in [0, 0.05) is 31.7 Å². The molecule has 156 valence electrons. The summed E-state index contributed by atoms with van der Waals surface area (Å²) in [4.78, 5) is 13.1. The Morgan fingerprint density at radius 2 is 1.66 bits per heavy atom. The van der Waals surface area contributed by atoms with Crippen LogP contribution in [0.25, 0.3) is 0 Å². The molecule has 2 aromatic carbocycles. The smallest absolute Gasteiger partial charge is 0.246 e. The number of para-hydroxylation sites is 1. The zero-order valence-corrected chi connectivity index (χ0v) is 16.4. The average molecular weight is 428 g/mol. The first kappa shape index (κ1) is 21.1. The Morgan fingerprint density at radius 3 is 2.31 bits per heavy atom. The lowest BCUT2D eigenvalue weighted by Gasteiger charge is -2.34. The Morgan fingerprint density at radius 1 is 1.00 bits per heavy atom. The van der Waals surface area contributed by atoms with Gasteiger partial charge < -0.3 is 9.64 Å². The maximum atomic E-state index is 13.9. The summed E-state index contributed by atoms with van der Waals surface area (Å²) >= 11 is 0. The standard InChI is InChI=1S/C19H19F3N2O4S/c1-28-15-5-3-2-4-13(15)12-17(25)23-8-10-24(11-9-23)29(26,27)16-7-6-14(20)18(21)19(16)22/h2-7H,8-12H2,1H3. The van der Waals surface area contributed by atoms with Gasteiger partial charge in [0.25, 0.3) is 0 Å². The van der Waals surface area contributed by atoms with E-state index in [1.807, 2.05) is 0 Å². The van der Waals surface area contributed by atoms with E-state index in [0.29, 0.717) is 23.4 Å². The van der Waals surface area contributed by atoms with E-state index in [9.17, 15) is 26.4 Å². The first-order valence-electron chi connectivity index (χ1n) is 8.79. The molecule has 2 aromatic rings. The van der Waals surface area contributed by atoms with Crippen LogP contribution in [0.1, 0.15) is 5.56 Å². The number of piperazine rings is 1. The molecule has 1 amide bonds. The van der Waals surface area contributed by atoms with Crippen LogP contribution in [0.5, 0.6) is 5.75 Å². The zero-order chi connectivity index (χ0) is 21.2. The molecule has 0 bridgehead atoms. The molecule has 0 atom stereocenters. The molecule has 0 unspecified atom stereocenters. The molecule has 3 rings (SSSR count). The van der Waals surface area contributed by atoms with Gasteiger partial charge in [-0.15, -0.1) is 0 Å². The fraction of sp³-hybridized carbons (Fsp3) is 0.316. The number of ether oxygens (including phenoxy) is 1. The summed E-state index contributed by atoms with van der Waals surface area (Å²) in [5.41, 5.74) is 0.707. The molecule has 1 aliphatic rings. The normalized spacial score (nSPS) is 15.4. The number of hydrogen-bond acceptors (Lipinski definition) is 4. The fourth-order valence-electron chi connectivity index (χ4n) is 3.15. The first-order valence-corrected chi connectivity index (χ1v) is 10.2. The van der Waals surface area contributed by atoms with Crippen LogP contribution in [-0.2, 0) is 21.2 Å². The molecule has 10 heteroatoms. The van der Waals surface area contributed by atoms with E-state index in [4.69, 9.17) is 4.74 Å². The summed E-state index contributed by atoms with van der Waals surface area (Å²) in [5, 5.41) is 0. The highest BCUT2D eigenvalue weighted by atomic mass is 32.2. The van der Waals surface area contributed by atoms with Crippen molar-refractivity contribution in [3.05, 3.63) is 59.4 Å². The van der Waals surface area contributed by atoms with Crippen LogP contribution >= 0.6 is 0 Å². The van der Waals surface area contributed by atoms with Crippen molar-refractivity contribution in [3.63, 3.8) is 0 Å². The van der Waals surface area contributed by atoms with E-state index in [2.05, 4.69) is 0 Å². The van der Waals surface area contributed by atoms with E-state index in [0.717, 1.165) is 4.31 Å². The monoisotopic (exact) mass is 428 g/mol. The van der Waals surface area contributed by atoms with Crippen molar-refractivity contribution in [1.82, 2.24) is 9.21 Å². The maximum absolute atomic E-state index is 13.9. The summed E-state index contributed by atoms with van der Waals surface area (Å²) in [5.74, 6) is -4.67. The predicted octanol–water partition coefficient (Wildman–Crippen LogP) is 2.19. The molecular formula is C19H19F3N2O4S. The van der Waals surface area contributed by atoms with Crippen molar-refractivity contribution in [2.75, 3.05) is 33.3 Å². The Labute approximate surface area is 166 Å². The highest BCUT2D eigenvalue weighted by molar-refractivity contribution is 7.89. The quantitative estimate of drug-likeness (QED) is 0.685. The summed E-state index contributed by atoms with van der Waals surface area (Å²) in [6.45, 7) is 0.0217. The van der Waals surface area contributed by atoms with E-state index in [-0.39, 0.29) is 38.5 Å². The Bertz CT molecular complexity index is 1020. The molecule has 0 saturated carbocycles. The number of hydrogen-bond donors (Lipinski definition) is 0. The summed E-state index contributed by atoms with van der Waals surface area (Å²) in [7, 11) is -2.85. The van der Waals surface area contributed by atoms with E-state index in [1.165, 1.54) is 12.0 Å². The molecule has 1 saturated heterocycles. The van der Waals surface area contributed by atoms with Crippen LogP contribution in [0.4, 0.5) is 13.2 Å².